The Labute approximate surface area is 162 Å². The fourth-order valence-electron chi connectivity index (χ4n) is 3.28. The van der Waals surface area contributed by atoms with Crippen LogP contribution in [0.15, 0.2) is 65.8 Å². The molecule has 4 nitrogen and oxygen atoms in total. The van der Waals surface area contributed by atoms with Gasteiger partial charge in [-0.3, -0.25) is 4.90 Å². The molecule has 0 N–H and O–H groups in total. The molecule has 1 fully saturated rings. The van der Waals surface area contributed by atoms with Gasteiger partial charge in [0, 0.05) is 19.6 Å². The predicted molar refractivity (Wildman–Crippen MR) is 110 cm³/mol. The number of morpholine rings is 1. The van der Waals surface area contributed by atoms with E-state index in [0.717, 1.165) is 69.8 Å². The van der Waals surface area contributed by atoms with Crippen LogP contribution in [0, 0.1) is 0 Å². The maximum Gasteiger partial charge on any atom is 0.118 e. The van der Waals surface area contributed by atoms with E-state index in [2.05, 4.69) is 64.7 Å². The highest BCUT2D eigenvalue weighted by molar-refractivity contribution is 6.00. The summed E-state index contributed by atoms with van der Waals surface area (Å²) >= 11 is 0. The molecule has 27 heavy (non-hydrogen) atoms. The van der Waals surface area contributed by atoms with Crippen LogP contribution in [-0.4, -0.2) is 50.1 Å². The molecule has 2 aromatic carbocycles. The highest BCUT2D eigenvalue weighted by Gasteiger charge is 2.09. The number of oxime groups is 1. The Morgan fingerprint density at radius 2 is 1.63 bits per heavy atom. The van der Waals surface area contributed by atoms with E-state index in [0.29, 0.717) is 6.61 Å². The molecule has 144 valence electrons. The summed E-state index contributed by atoms with van der Waals surface area (Å²) in [5, 5.41) is 4.48. The summed E-state index contributed by atoms with van der Waals surface area (Å²) in [6.45, 7) is 5.45. The van der Waals surface area contributed by atoms with Gasteiger partial charge < -0.3 is 9.57 Å². The Hall–Kier alpha value is -2.17. The smallest absolute Gasteiger partial charge is 0.118 e. The van der Waals surface area contributed by atoms with Crippen molar-refractivity contribution >= 4 is 5.71 Å². The van der Waals surface area contributed by atoms with E-state index < -0.39 is 0 Å². The number of rotatable bonds is 10. The summed E-state index contributed by atoms with van der Waals surface area (Å²) < 4.78 is 5.38. The third-order valence-corrected chi connectivity index (χ3v) is 4.82. The van der Waals surface area contributed by atoms with Gasteiger partial charge in [-0.25, -0.2) is 0 Å². The van der Waals surface area contributed by atoms with Crippen LogP contribution in [0.4, 0.5) is 0 Å². The van der Waals surface area contributed by atoms with Gasteiger partial charge in [-0.05, 0) is 36.8 Å². The highest BCUT2D eigenvalue weighted by atomic mass is 16.6. The van der Waals surface area contributed by atoms with Crippen LogP contribution in [0.25, 0.3) is 0 Å². The summed E-state index contributed by atoms with van der Waals surface area (Å²) in [4.78, 5) is 8.10. The molecule has 2 aromatic rings. The van der Waals surface area contributed by atoms with Gasteiger partial charge in [0.05, 0.1) is 18.9 Å². The Morgan fingerprint density at radius 3 is 2.37 bits per heavy atom. The number of ether oxygens (including phenoxy) is 1. The van der Waals surface area contributed by atoms with Gasteiger partial charge in [0.1, 0.15) is 6.61 Å². The molecule has 1 aliphatic rings. The van der Waals surface area contributed by atoms with Crippen molar-refractivity contribution < 1.29 is 9.57 Å². The largest absolute Gasteiger partial charge is 0.396 e. The SMILES string of the molecule is c1ccc(CCCC(=NOCCCN2CCOCC2)c2ccccc2)cc1. The van der Waals surface area contributed by atoms with Crippen molar-refractivity contribution in [3.05, 3.63) is 71.8 Å². The summed E-state index contributed by atoms with van der Waals surface area (Å²) in [5.74, 6) is 0. The fourth-order valence-corrected chi connectivity index (χ4v) is 3.28. The van der Waals surface area contributed by atoms with Crippen molar-refractivity contribution in [1.82, 2.24) is 4.90 Å². The number of nitrogens with zero attached hydrogens (tertiary/aromatic N) is 2. The summed E-state index contributed by atoms with van der Waals surface area (Å²) in [5.41, 5.74) is 3.56. The number of benzene rings is 2. The summed E-state index contributed by atoms with van der Waals surface area (Å²) in [6, 6.07) is 21.0. The molecule has 0 bridgehead atoms. The van der Waals surface area contributed by atoms with E-state index in [-0.39, 0.29) is 0 Å². The van der Waals surface area contributed by atoms with E-state index >= 15 is 0 Å². The van der Waals surface area contributed by atoms with Gasteiger partial charge >= 0.3 is 0 Å². The zero-order valence-electron chi connectivity index (χ0n) is 16.1. The van der Waals surface area contributed by atoms with Crippen LogP contribution in [-0.2, 0) is 16.0 Å². The molecule has 1 saturated heterocycles. The molecule has 0 atom stereocenters. The quantitative estimate of drug-likeness (QED) is 0.360. The monoisotopic (exact) mass is 366 g/mol. The molecule has 0 aliphatic carbocycles. The first-order valence-corrected chi connectivity index (χ1v) is 10.00. The third-order valence-electron chi connectivity index (χ3n) is 4.82. The first kappa shape index (κ1) is 19.6. The molecule has 0 unspecified atom stereocenters. The maximum atomic E-state index is 5.67. The second kappa shape index (κ2) is 11.5. The average Bonchev–Trinajstić information content (AvgIpc) is 2.74. The molecular weight excluding hydrogens is 336 g/mol. The minimum Gasteiger partial charge on any atom is -0.396 e. The minimum atomic E-state index is 0.659. The van der Waals surface area contributed by atoms with Crippen LogP contribution < -0.4 is 0 Å². The lowest BCUT2D eigenvalue weighted by atomic mass is 10.0. The van der Waals surface area contributed by atoms with Gasteiger partial charge in [0.25, 0.3) is 0 Å². The molecule has 4 heteroatoms. The van der Waals surface area contributed by atoms with Crippen LogP contribution in [0.3, 0.4) is 0 Å². The van der Waals surface area contributed by atoms with Crippen molar-refractivity contribution in [2.24, 2.45) is 5.16 Å². The molecule has 1 heterocycles. The van der Waals surface area contributed by atoms with Crippen LogP contribution >= 0.6 is 0 Å². The number of hydrogen-bond donors (Lipinski definition) is 0. The fraction of sp³-hybridized carbons (Fsp3) is 0.435. The van der Waals surface area contributed by atoms with Crippen molar-refractivity contribution in [3.8, 4) is 0 Å². The highest BCUT2D eigenvalue weighted by Crippen LogP contribution is 2.11. The van der Waals surface area contributed by atoms with E-state index in [4.69, 9.17) is 9.57 Å². The van der Waals surface area contributed by atoms with Crippen LogP contribution in [0.2, 0.25) is 0 Å². The lowest BCUT2D eigenvalue weighted by molar-refractivity contribution is 0.0322. The standard InChI is InChI=1S/C23H30N2O2/c1-3-9-21(10-4-1)11-7-14-23(22-12-5-2-6-13-22)24-27-18-8-15-25-16-19-26-20-17-25/h1-6,9-10,12-13H,7-8,11,14-20H2. The lowest BCUT2D eigenvalue weighted by Gasteiger charge is -2.26. The molecule has 0 spiro atoms. The van der Waals surface area contributed by atoms with E-state index in [9.17, 15) is 0 Å². The van der Waals surface area contributed by atoms with Crippen molar-refractivity contribution in [3.63, 3.8) is 0 Å². The molecule has 3 rings (SSSR count). The van der Waals surface area contributed by atoms with Gasteiger partial charge in [-0.15, -0.1) is 0 Å². The molecular formula is C23H30N2O2. The molecule has 1 aliphatic heterocycles. The second-order valence-electron chi connectivity index (χ2n) is 6.88. The second-order valence-corrected chi connectivity index (χ2v) is 6.88. The third kappa shape index (κ3) is 7.16. The average molecular weight is 367 g/mol. The summed E-state index contributed by atoms with van der Waals surface area (Å²) in [7, 11) is 0. The lowest BCUT2D eigenvalue weighted by Crippen LogP contribution is -2.37. The number of aryl methyl sites for hydroxylation is 1. The van der Waals surface area contributed by atoms with E-state index in [1.807, 2.05) is 6.07 Å². The Bertz CT molecular complexity index is 667. The molecule has 0 amide bonds. The zero-order chi connectivity index (χ0) is 18.6. The first-order valence-electron chi connectivity index (χ1n) is 10.00. The van der Waals surface area contributed by atoms with Gasteiger partial charge in [-0.2, -0.15) is 0 Å². The predicted octanol–water partition coefficient (Wildman–Crippen LogP) is 4.15. The Kier molecular flexibility index (Phi) is 8.36. The van der Waals surface area contributed by atoms with Crippen LogP contribution in [0.5, 0.6) is 0 Å². The van der Waals surface area contributed by atoms with Gasteiger partial charge in [0.2, 0.25) is 0 Å². The van der Waals surface area contributed by atoms with E-state index in [1.54, 1.807) is 0 Å². The molecule has 0 aromatic heterocycles. The number of hydrogen-bond acceptors (Lipinski definition) is 4. The van der Waals surface area contributed by atoms with Gasteiger partial charge in [0.15, 0.2) is 0 Å². The first-order chi connectivity index (χ1) is 13.4. The normalized spacial score (nSPS) is 15.6. The van der Waals surface area contributed by atoms with Gasteiger partial charge in [-0.1, -0.05) is 65.8 Å². The Morgan fingerprint density at radius 1 is 0.926 bits per heavy atom. The van der Waals surface area contributed by atoms with Crippen molar-refractivity contribution in [2.45, 2.75) is 25.7 Å². The Balaban J connectivity index is 1.46. The topological polar surface area (TPSA) is 34.1 Å². The molecule has 0 radical (unpaired) electrons. The van der Waals surface area contributed by atoms with E-state index in [1.165, 1.54) is 5.56 Å². The zero-order valence-corrected chi connectivity index (χ0v) is 16.1. The minimum absolute atomic E-state index is 0.659. The van der Waals surface area contributed by atoms with Crippen molar-refractivity contribution in [2.75, 3.05) is 39.5 Å². The molecule has 0 saturated carbocycles. The summed E-state index contributed by atoms with van der Waals surface area (Å²) in [6.07, 6.45) is 4.04. The van der Waals surface area contributed by atoms with Crippen molar-refractivity contribution in [1.29, 1.82) is 0 Å². The maximum absolute atomic E-state index is 5.67. The van der Waals surface area contributed by atoms with Crippen LogP contribution in [0.1, 0.15) is 30.4 Å².